The van der Waals surface area contributed by atoms with E-state index in [1.54, 1.807) is 7.05 Å². The number of nitrogens with one attached hydrogen (secondary N) is 1. The first-order valence-corrected chi connectivity index (χ1v) is 7.14. The van der Waals surface area contributed by atoms with E-state index in [1.807, 2.05) is 0 Å². The van der Waals surface area contributed by atoms with Crippen LogP contribution in [0.15, 0.2) is 24.3 Å². The zero-order chi connectivity index (χ0) is 15.5. The first kappa shape index (κ1) is 16.3. The number of morpholine rings is 1. The summed E-state index contributed by atoms with van der Waals surface area (Å²) in [6.07, 6.45) is -4.35. The molecule has 1 aliphatic heterocycles. The predicted molar refractivity (Wildman–Crippen MR) is 75.1 cm³/mol. The van der Waals surface area contributed by atoms with E-state index in [0.29, 0.717) is 6.61 Å². The quantitative estimate of drug-likeness (QED) is 0.925. The second-order valence-electron chi connectivity index (χ2n) is 5.19. The number of ether oxygens (including phenoxy) is 1. The molecule has 0 saturated carbocycles. The smallest absolute Gasteiger partial charge is 0.374 e. The van der Waals surface area contributed by atoms with Crippen LogP contribution in [0.1, 0.15) is 24.1 Å². The van der Waals surface area contributed by atoms with Crippen LogP contribution in [0.2, 0.25) is 0 Å². The van der Waals surface area contributed by atoms with E-state index in [0.717, 1.165) is 37.3 Å². The van der Waals surface area contributed by atoms with Gasteiger partial charge in [-0.1, -0.05) is 19.1 Å². The molecule has 2 rings (SSSR count). The van der Waals surface area contributed by atoms with E-state index in [1.165, 1.54) is 12.1 Å². The Hall–Kier alpha value is -1.11. The number of rotatable bonds is 4. The maximum absolute atomic E-state index is 12.6. The summed E-state index contributed by atoms with van der Waals surface area (Å²) in [6.45, 7) is 5.37. The number of hydrogen-bond donors (Lipinski definition) is 1. The van der Waals surface area contributed by atoms with Gasteiger partial charge in [0.25, 0.3) is 0 Å². The minimum atomic E-state index is -4.30. The Balaban J connectivity index is 2.13. The van der Waals surface area contributed by atoms with Crippen LogP contribution in [-0.4, -0.2) is 44.3 Å². The standard InChI is InChI=1S/C15H21F3N2O/c1-3-20-8-9-21-13(10-20)14(19-2)11-4-6-12(7-5-11)15(16,17)18/h4-7,13-14,19H,3,8-10H2,1-2H3. The van der Waals surface area contributed by atoms with Crippen LogP contribution in [0.4, 0.5) is 13.2 Å². The van der Waals surface area contributed by atoms with E-state index in [-0.39, 0.29) is 12.1 Å². The van der Waals surface area contributed by atoms with E-state index >= 15 is 0 Å². The van der Waals surface area contributed by atoms with Gasteiger partial charge in [0.05, 0.1) is 24.3 Å². The third kappa shape index (κ3) is 3.96. The summed E-state index contributed by atoms with van der Waals surface area (Å²) in [6, 6.07) is 5.19. The van der Waals surface area contributed by atoms with Gasteiger partial charge in [0, 0.05) is 13.1 Å². The molecule has 21 heavy (non-hydrogen) atoms. The van der Waals surface area contributed by atoms with Crippen molar-refractivity contribution in [2.24, 2.45) is 0 Å². The Kier molecular flexibility index (Phi) is 5.24. The molecule has 1 aromatic carbocycles. The lowest BCUT2D eigenvalue weighted by Crippen LogP contribution is -2.47. The van der Waals surface area contributed by atoms with E-state index < -0.39 is 11.7 Å². The maximum Gasteiger partial charge on any atom is 0.416 e. The van der Waals surface area contributed by atoms with Crippen LogP contribution in [0.25, 0.3) is 0 Å². The molecule has 0 aromatic heterocycles. The second-order valence-corrected chi connectivity index (χ2v) is 5.19. The molecule has 0 spiro atoms. The molecule has 0 amide bonds. The predicted octanol–water partition coefficient (Wildman–Crippen LogP) is 2.69. The summed E-state index contributed by atoms with van der Waals surface area (Å²) in [7, 11) is 1.80. The molecule has 0 bridgehead atoms. The molecule has 1 saturated heterocycles. The summed E-state index contributed by atoms with van der Waals surface area (Å²) in [4.78, 5) is 2.28. The first-order valence-electron chi connectivity index (χ1n) is 7.14. The number of alkyl halides is 3. The average Bonchev–Trinajstić information content (AvgIpc) is 2.48. The molecule has 3 nitrogen and oxygen atoms in total. The van der Waals surface area contributed by atoms with Gasteiger partial charge < -0.3 is 10.1 Å². The molecule has 1 aromatic rings. The Bertz CT molecular complexity index is 447. The molecular formula is C15H21F3N2O. The van der Waals surface area contributed by atoms with Gasteiger partial charge in [0.2, 0.25) is 0 Å². The van der Waals surface area contributed by atoms with Crippen LogP contribution in [0, 0.1) is 0 Å². The van der Waals surface area contributed by atoms with Crippen molar-refractivity contribution in [2.75, 3.05) is 33.3 Å². The molecule has 1 N–H and O–H groups in total. The highest BCUT2D eigenvalue weighted by Gasteiger charge is 2.31. The summed E-state index contributed by atoms with van der Waals surface area (Å²) in [5.41, 5.74) is 0.189. The fraction of sp³-hybridized carbons (Fsp3) is 0.600. The normalized spacial score (nSPS) is 22.2. The molecule has 1 heterocycles. The number of benzene rings is 1. The monoisotopic (exact) mass is 302 g/mol. The lowest BCUT2D eigenvalue weighted by molar-refractivity contribution is -0.137. The zero-order valence-electron chi connectivity index (χ0n) is 12.3. The topological polar surface area (TPSA) is 24.5 Å². The fourth-order valence-electron chi connectivity index (χ4n) is 2.67. The summed E-state index contributed by atoms with van der Waals surface area (Å²) in [5.74, 6) is 0. The Morgan fingerprint density at radius 2 is 2.00 bits per heavy atom. The number of hydrogen-bond acceptors (Lipinski definition) is 3. The summed E-state index contributed by atoms with van der Waals surface area (Å²) >= 11 is 0. The van der Waals surface area contributed by atoms with Crippen LogP contribution < -0.4 is 5.32 Å². The lowest BCUT2D eigenvalue weighted by atomic mass is 9.98. The van der Waals surface area contributed by atoms with Crippen molar-refractivity contribution in [2.45, 2.75) is 25.2 Å². The third-order valence-electron chi connectivity index (χ3n) is 3.90. The van der Waals surface area contributed by atoms with E-state index in [9.17, 15) is 13.2 Å². The van der Waals surface area contributed by atoms with Crippen molar-refractivity contribution in [3.8, 4) is 0 Å². The summed E-state index contributed by atoms with van der Waals surface area (Å²) in [5, 5.41) is 3.16. The van der Waals surface area contributed by atoms with Gasteiger partial charge in [0.1, 0.15) is 0 Å². The zero-order valence-corrected chi connectivity index (χ0v) is 12.3. The number of likely N-dealkylation sites (N-methyl/N-ethyl adjacent to an activating group) is 2. The van der Waals surface area contributed by atoms with Gasteiger partial charge in [0.15, 0.2) is 0 Å². The van der Waals surface area contributed by atoms with Crippen molar-refractivity contribution in [1.82, 2.24) is 10.2 Å². The molecule has 0 aliphatic carbocycles. The third-order valence-corrected chi connectivity index (χ3v) is 3.90. The Morgan fingerprint density at radius 1 is 1.33 bits per heavy atom. The van der Waals surface area contributed by atoms with Gasteiger partial charge in [-0.25, -0.2) is 0 Å². The molecule has 1 aliphatic rings. The molecule has 6 heteroatoms. The SMILES string of the molecule is CCN1CCOC(C(NC)c2ccc(C(F)(F)F)cc2)C1. The molecule has 1 fully saturated rings. The molecular weight excluding hydrogens is 281 g/mol. The van der Waals surface area contributed by atoms with Gasteiger partial charge in [-0.05, 0) is 31.3 Å². The minimum Gasteiger partial charge on any atom is -0.374 e. The van der Waals surface area contributed by atoms with Crippen LogP contribution in [-0.2, 0) is 10.9 Å². The molecule has 2 unspecified atom stereocenters. The van der Waals surface area contributed by atoms with Gasteiger partial charge in [-0.2, -0.15) is 13.2 Å². The average molecular weight is 302 g/mol. The number of halogens is 3. The van der Waals surface area contributed by atoms with Gasteiger partial charge in [-0.15, -0.1) is 0 Å². The Labute approximate surface area is 123 Å². The number of nitrogens with zero attached hydrogens (tertiary/aromatic N) is 1. The van der Waals surface area contributed by atoms with Gasteiger partial charge in [-0.3, -0.25) is 4.90 Å². The first-order chi connectivity index (χ1) is 9.95. The van der Waals surface area contributed by atoms with Crippen LogP contribution in [0.3, 0.4) is 0 Å². The highest BCUT2D eigenvalue weighted by Crippen LogP contribution is 2.31. The molecule has 2 atom stereocenters. The van der Waals surface area contributed by atoms with Crippen LogP contribution in [0.5, 0.6) is 0 Å². The Morgan fingerprint density at radius 3 is 2.52 bits per heavy atom. The highest BCUT2D eigenvalue weighted by atomic mass is 19.4. The maximum atomic E-state index is 12.6. The molecule has 118 valence electrons. The van der Waals surface area contributed by atoms with Crippen LogP contribution >= 0.6 is 0 Å². The van der Waals surface area contributed by atoms with Crippen molar-refractivity contribution in [1.29, 1.82) is 0 Å². The highest BCUT2D eigenvalue weighted by molar-refractivity contribution is 5.27. The van der Waals surface area contributed by atoms with Gasteiger partial charge >= 0.3 is 6.18 Å². The second kappa shape index (κ2) is 6.77. The van der Waals surface area contributed by atoms with Crippen molar-refractivity contribution >= 4 is 0 Å². The van der Waals surface area contributed by atoms with E-state index in [4.69, 9.17) is 4.74 Å². The lowest BCUT2D eigenvalue weighted by Gasteiger charge is -2.36. The van der Waals surface area contributed by atoms with Crippen molar-refractivity contribution < 1.29 is 17.9 Å². The fourth-order valence-corrected chi connectivity index (χ4v) is 2.67. The molecule has 0 radical (unpaired) electrons. The van der Waals surface area contributed by atoms with Crippen molar-refractivity contribution in [3.63, 3.8) is 0 Å². The minimum absolute atomic E-state index is 0.0552. The van der Waals surface area contributed by atoms with E-state index in [2.05, 4.69) is 17.1 Å². The largest absolute Gasteiger partial charge is 0.416 e. The van der Waals surface area contributed by atoms with Crippen molar-refractivity contribution in [3.05, 3.63) is 35.4 Å². The summed E-state index contributed by atoms with van der Waals surface area (Å²) < 4.78 is 43.6.